The first kappa shape index (κ1) is 14.0. The monoisotopic (exact) mass is 352 g/mol. The third-order valence-corrected chi connectivity index (χ3v) is 7.18. The molecule has 0 aromatic carbocycles. The van der Waals surface area contributed by atoms with Gasteiger partial charge in [-0.25, -0.2) is 8.42 Å². The number of hydrogen-bond donors (Lipinski definition) is 1. The van der Waals surface area contributed by atoms with Gasteiger partial charge >= 0.3 is 0 Å². The van der Waals surface area contributed by atoms with Gasteiger partial charge in [0, 0.05) is 26.1 Å². The lowest BCUT2D eigenvalue weighted by Crippen LogP contribution is -2.33. The molecule has 2 heterocycles. The quantitative estimate of drug-likeness (QED) is 0.872. The van der Waals surface area contributed by atoms with Gasteiger partial charge in [0.1, 0.15) is 4.21 Å². The molecular weight excluding hydrogens is 340 g/mol. The van der Waals surface area contributed by atoms with E-state index in [0.29, 0.717) is 17.3 Å². The summed E-state index contributed by atoms with van der Waals surface area (Å²) >= 11 is 4.53. The van der Waals surface area contributed by atoms with Crippen molar-refractivity contribution in [1.29, 1.82) is 0 Å². The van der Waals surface area contributed by atoms with Crippen molar-refractivity contribution in [1.82, 2.24) is 9.62 Å². The van der Waals surface area contributed by atoms with E-state index in [0.717, 1.165) is 9.35 Å². The van der Waals surface area contributed by atoms with E-state index in [1.807, 2.05) is 6.92 Å². The maximum Gasteiger partial charge on any atom is 0.252 e. The van der Waals surface area contributed by atoms with E-state index >= 15 is 0 Å². The summed E-state index contributed by atoms with van der Waals surface area (Å²) in [6, 6.07) is 1.66. The first-order valence-electron chi connectivity index (χ1n) is 5.44. The van der Waals surface area contributed by atoms with Gasteiger partial charge in [0.05, 0.1) is 3.79 Å². The lowest BCUT2D eigenvalue weighted by Gasteiger charge is -2.17. The minimum absolute atomic E-state index is 0.101. The summed E-state index contributed by atoms with van der Waals surface area (Å²) < 4.78 is 27.3. The van der Waals surface area contributed by atoms with Crippen LogP contribution in [0.25, 0.3) is 0 Å². The maximum atomic E-state index is 12.4. The second-order valence-corrected chi connectivity index (χ2v) is 8.56. The zero-order valence-electron chi connectivity index (χ0n) is 9.77. The van der Waals surface area contributed by atoms with Crippen molar-refractivity contribution >= 4 is 43.2 Å². The predicted molar refractivity (Wildman–Crippen MR) is 73.1 cm³/mol. The van der Waals surface area contributed by atoms with Gasteiger partial charge in [0.25, 0.3) is 10.0 Å². The smallest absolute Gasteiger partial charge is 0.252 e. The minimum Gasteiger partial charge on any atom is -0.355 e. The fourth-order valence-electron chi connectivity index (χ4n) is 1.67. The van der Waals surface area contributed by atoms with E-state index in [-0.39, 0.29) is 18.9 Å². The van der Waals surface area contributed by atoms with Crippen LogP contribution < -0.4 is 5.32 Å². The molecule has 2 rings (SSSR count). The standard InChI is InChI=1S/C10H13BrN2O3S2/c1-7-6-9(17-10(7)11)18(15,16)13-4-2-8(14)12-3-5-13/h6H,2-5H2,1H3,(H,12,14). The SMILES string of the molecule is Cc1cc(S(=O)(=O)N2CCNC(=O)CC2)sc1Br. The Labute approximate surface area is 118 Å². The Morgan fingerprint density at radius 3 is 2.78 bits per heavy atom. The van der Waals surface area contributed by atoms with Crippen molar-refractivity contribution in [2.75, 3.05) is 19.6 Å². The number of sulfonamides is 1. The molecule has 0 unspecified atom stereocenters. The van der Waals surface area contributed by atoms with Crippen LogP contribution in [-0.2, 0) is 14.8 Å². The summed E-state index contributed by atoms with van der Waals surface area (Å²) in [7, 11) is -3.48. The summed E-state index contributed by atoms with van der Waals surface area (Å²) in [6.45, 7) is 2.78. The van der Waals surface area contributed by atoms with Gasteiger partial charge in [-0.2, -0.15) is 4.31 Å². The number of aryl methyl sites for hydroxylation is 1. The third-order valence-electron chi connectivity index (χ3n) is 2.70. The van der Waals surface area contributed by atoms with Crippen LogP contribution in [0.2, 0.25) is 0 Å². The fraction of sp³-hybridized carbons (Fsp3) is 0.500. The number of amides is 1. The van der Waals surface area contributed by atoms with Crippen LogP contribution in [0, 0.1) is 6.92 Å². The zero-order valence-corrected chi connectivity index (χ0v) is 13.0. The first-order valence-corrected chi connectivity index (χ1v) is 8.49. The van der Waals surface area contributed by atoms with Gasteiger partial charge in [0.15, 0.2) is 0 Å². The molecule has 1 saturated heterocycles. The molecule has 0 aliphatic carbocycles. The molecule has 1 aliphatic heterocycles. The van der Waals surface area contributed by atoms with Crippen LogP contribution in [0.4, 0.5) is 0 Å². The average Bonchev–Trinajstić information content (AvgIpc) is 2.52. The molecule has 1 N–H and O–H groups in total. The number of nitrogens with one attached hydrogen (secondary N) is 1. The molecule has 1 amide bonds. The number of carbonyl (C=O) groups is 1. The Kier molecular flexibility index (Phi) is 4.10. The molecule has 0 saturated carbocycles. The number of halogens is 1. The van der Waals surface area contributed by atoms with Gasteiger partial charge in [-0.1, -0.05) is 0 Å². The Bertz CT molecular complexity index is 548. The summed E-state index contributed by atoms with van der Waals surface area (Å²) in [6.07, 6.45) is 0.213. The van der Waals surface area contributed by atoms with Crippen LogP contribution in [0.1, 0.15) is 12.0 Å². The van der Waals surface area contributed by atoms with Crippen LogP contribution >= 0.6 is 27.3 Å². The van der Waals surface area contributed by atoms with Crippen molar-refractivity contribution in [3.8, 4) is 0 Å². The Morgan fingerprint density at radius 1 is 1.44 bits per heavy atom. The number of hydrogen-bond acceptors (Lipinski definition) is 4. The highest BCUT2D eigenvalue weighted by atomic mass is 79.9. The minimum atomic E-state index is -3.48. The van der Waals surface area contributed by atoms with Crippen molar-refractivity contribution in [2.24, 2.45) is 0 Å². The highest BCUT2D eigenvalue weighted by Gasteiger charge is 2.28. The first-order chi connectivity index (χ1) is 8.41. The molecular formula is C10H13BrN2O3S2. The Morgan fingerprint density at radius 2 is 2.17 bits per heavy atom. The summed E-state index contributed by atoms with van der Waals surface area (Å²) in [5.41, 5.74) is 0.905. The second kappa shape index (κ2) is 5.28. The second-order valence-electron chi connectivity index (χ2n) is 4.03. The molecule has 0 bridgehead atoms. The largest absolute Gasteiger partial charge is 0.355 e. The predicted octanol–water partition coefficient (Wildman–Crippen LogP) is 1.33. The van der Waals surface area contributed by atoms with Crippen molar-refractivity contribution in [2.45, 2.75) is 17.6 Å². The van der Waals surface area contributed by atoms with Gasteiger partial charge in [-0.05, 0) is 34.5 Å². The van der Waals surface area contributed by atoms with E-state index in [2.05, 4.69) is 21.2 Å². The van der Waals surface area contributed by atoms with Crippen LogP contribution in [-0.4, -0.2) is 38.3 Å². The molecule has 5 nitrogen and oxygen atoms in total. The molecule has 0 spiro atoms. The number of nitrogens with zero attached hydrogens (tertiary/aromatic N) is 1. The molecule has 1 aliphatic rings. The van der Waals surface area contributed by atoms with Crippen molar-refractivity contribution in [3.05, 3.63) is 15.4 Å². The van der Waals surface area contributed by atoms with Crippen LogP contribution in [0.5, 0.6) is 0 Å². The number of rotatable bonds is 2. The molecule has 8 heteroatoms. The molecule has 18 heavy (non-hydrogen) atoms. The fourth-order valence-corrected chi connectivity index (χ4v) is 5.50. The summed E-state index contributed by atoms with van der Waals surface area (Å²) in [5, 5.41) is 2.66. The molecule has 0 radical (unpaired) electrons. The third kappa shape index (κ3) is 2.76. The Balaban J connectivity index is 2.27. The highest BCUT2D eigenvalue weighted by molar-refractivity contribution is 9.11. The summed E-state index contributed by atoms with van der Waals surface area (Å²) in [5.74, 6) is -0.101. The van der Waals surface area contributed by atoms with Crippen molar-refractivity contribution in [3.63, 3.8) is 0 Å². The lowest BCUT2D eigenvalue weighted by atomic mass is 10.4. The zero-order chi connectivity index (χ0) is 13.3. The molecule has 0 atom stereocenters. The van der Waals surface area contributed by atoms with Gasteiger partial charge in [-0.3, -0.25) is 4.79 Å². The molecule has 1 fully saturated rings. The van der Waals surface area contributed by atoms with E-state index in [4.69, 9.17) is 0 Å². The topological polar surface area (TPSA) is 66.5 Å². The van der Waals surface area contributed by atoms with E-state index in [9.17, 15) is 13.2 Å². The van der Waals surface area contributed by atoms with E-state index < -0.39 is 10.0 Å². The van der Waals surface area contributed by atoms with E-state index in [1.54, 1.807) is 6.07 Å². The van der Waals surface area contributed by atoms with Gasteiger partial charge in [0.2, 0.25) is 5.91 Å². The summed E-state index contributed by atoms with van der Waals surface area (Å²) in [4.78, 5) is 11.2. The molecule has 1 aromatic heterocycles. The number of thiophene rings is 1. The highest BCUT2D eigenvalue weighted by Crippen LogP contribution is 2.32. The van der Waals surface area contributed by atoms with Crippen LogP contribution in [0.3, 0.4) is 0 Å². The normalized spacial score (nSPS) is 18.4. The lowest BCUT2D eigenvalue weighted by molar-refractivity contribution is -0.120. The van der Waals surface area contributed by atoms with E-state index in [1.165, 1.54) is 15.6 Å². The molecule has 1 aromatic rings. The van der Waals surface area contributed by atoms with Crippen molar-refractivity contribution < 1.29 is 13.2 Å². The Hall–Kier alpha value is -0.440. The maximum absolute atomic E-state index is 12.4. The average molecular weight is 353 g/mol. The van der Waals surface area contributed by atoms with Gasteiger partial charge in [-0.15, -0.1) is 11.3 Å². The molecule has 100 valence electrons. The number of carbonyl (C=O) groups excluding carboxylic acids is 1. The van der Waals surface area contributed by atoms with Gasteiger partial charge < -0.3 is 5.32 Å². The van der Waals surface area contributed by atoms with Crippen LogP contribution in [0.15, 0.2) is 14.1 Å².